The van der Waals surface area contributed by atoms with Crippen molar-refractivity contribution in [2.24, 2.45) is 0 Å². The van der Waals surface area contributed by atoms with Gasteiger partial charge >= 0.3 is 11.9 Å². The van der Waals surface area contributed by atoms with E-state index >= 15 is 0 Å². The van der Waals surface area contributed by atoms with Crippen LogP contribution in [0.4, 0.5) is 0 Å². The largest absolute Gasteiger partial charge is 0.465 e. The number of rotatable bonds is 3. The number of ether oxygens (including phenoxy) is 2. The molecule has 0 fully saturated rings. The second kappa shape index (κ2) is 8.59. The average Bonchev–Trinajstić information content (AvgIpc) is 3.21. The number of benzene rings is 5. The molecule has 0 radical (unpaired) electrons. The molecular formula is C33H26O4. The van der Waals surface area contributed by atoms with Gasteiger partial charge in [0.1, 0.15) is 0 Å². The molecule has 0 saturated heterocycles. The van der Waals surface area contributed by atoms with Crippen molar-refractivity contribution < 1.29 is 19.1 Å². The zero-order valence-electron chi connectivity index (χ0n) is 21.2. The molecule has 0 N–H and O–H groups in total. The van der Waals surface area contributed by atoms with Gasteiger partial charge < -0.3 is 9.47 Å². The van der Waals surface area contributed by atoms with Crippen LogP contribution in [0.1, 0.15) is 54.6 Å². The van der Waals surface area contributed by atoms with E-state index < -0.39 is 12.1 Å². The van der Waals surface area contributed by atoms with Crippen LogP contribution in [0, 0.1) is 20.8 Å². The fourth-order valence-electron chi connectivity index (χ4n) is 5.93. The molecule has 0 amide bonds. The summed E-state index contributed by atoms with van der Waals surface area (Å²) >= 11 is 0. The van der Waals surface area contributed by atoms with Gasteiger partial charge in [-0.3, -0.25) is 0 Å². The molecule has 1 aliphatic rings. The molecule has 37 heavy (non-hydrogen) atoms. The van der Waals surface area contributed by atoms with Gasteiger partial charge in [-0.2, -0.15) is 0 Å². The van der Waals surface area contributed by atoms with Crippen molar-refractivity contribution in [3.63, 3.8) is 0 Å². The van der Waals surface area contributed by atoms with Gasteiger partial charge in [0.05, 0.1) is 18.2 Å². The number of esters is 2. The van der Waals surface area contributed by atoms with Crippen molar-refractivity contribution in [1.29, 1.82) is 0 Å². The average molecular weight is 487 g/mol. The third-order valence-corrected chi connectivity index (χ3v) is 7.38. The number of carbonyl (C=O) groups excluding carboxylic acids is 2. The lowest BCUT2D eigenvalue weighted by Gasteiger charge is -2.22. The van der Waals surface area contributed by atoms with Crippen LogP contribution in [-0.4, -0.2) is 19.0 Å². The molecule has 1 aliphatic heterocycles. The highest BCUT2D eigenvalue weighted by Gasteiger charge is 2.38. The zero-order valence-corrected chi connectivity index (χ0v) is 21.2. The number of methoxy groups -OCH3 is 1. The Labute approximate surface area is 215 Å². The van der Waals surface area contributed by atoms with Crippen LogP contribution in [0.2, 0.25) is 0 Å². The minimum absolute atomic E-state index is 0.355. The fourth-order valence-corrected chi connectivity index (χ4v) is 5.93. The molecule has 4 nitrogen and oxygen atoms in total. The number of cyclic esters (lactones) is 1. The van der Waals surface area contributed by atoms with Crippen LogP contribution < -0.4 is 0 Å². The van der Waals surface area contributed by atoms with Gasteiger partial charge in [0, 0.05) is 16.7 Å². The maximum Gasteiger partial charge on any atom is 0.339 e. The van der Waals surface area contributed by atoms with Gasteiger partial charge in [-0.05, 0) is 71.1 Å². The van der Waals surface area contributed by atoms with E-state index in [2.05, 4.69) is 32.9 Å². The molecule has 5 aromatic carbocycles. The maximum atomic E-state index is 13.4. The summed E-state index contributed by atoms with van der Waals surface area (Å²) in [6.07, 6.45) is -0.591. The molecule has 6 rings (SSSR count). The molecule has 4 heteroatoms. The van der Waals surface area contributed by atoms with E-state index in [1.54, 1.807) is 0 Å². The Bertz CT molecular complexity index is 1740. The molecule has 1 atom stereocenters. The summed E-state index contributed by atoms with van der Waals surface area (Å²) in [4.78, 5) is 26.5. The fraction of sp³-hybridized carbons (Fsp3) is 0.152. The molecule has 0 bridgehead atoms. The SMILES string of the molecule is COC(=O)c1ccc2ccccc2c1-c1c2c(cc3ccccc13)C(=O)O[C@@H]2c1c(C)cc(C)cc1C. The smallest absolute Gasteiger partial charge is 0.339 e. The molecule has 0 unspecified atom stereocenters. The Morgan fingerprint density at radius 1 is 0.757 bits per heavy atom. The summed E-state index contributed by atoms with van der Waals surface area (Å²) in [6.45, 7) is 6.18. The van der Waals surface area contributed by atoms with Crippen molar-refractivity contribution in [2.45, 2.75) is 26.9 Å². The number of hydrogen-bond acceptors (Lipinski definition) is 4. The summed E-state index contributed by atoms with van der Waals surface area (Å²) in [5.41, 5.74) is 7.63. The predicted molar refractivity (Wildman–Crippen MR) is 146 cm³/mol. The number of carbonyl (C=O) groups is 2. The second-order valence-electron chi connectivity index (χ2n) is 9.73. The molecule has 0 spiro atoms. The molecule has 0 aromatic heterocycles. The first-order valence-electron chi connectivity index (χ1n) is 12.3. The molecule has 1 heterocycles. The van der Waals surface area contributed by atoms with Crippen molar-refractivity contribution in [3.05, 3.63) is 118 Å². The lowest BCUT2D eigenvalue weighted by molar-refractivity contribution is 0.0454. The van der Waals surface area contributed by atoms with Gasteiger partial charge in [0.15, 0.2) is 6.10 Å². The molecule has 5 aromatic rings. The summed E-state index contributed by atoms with van der Waals surface area (Å²) in [5.74, 6) is -0.779. The maximum absolute atomic E-state index is 13.4. The molecule has 0 saturated carbocycles. The van der Waals surface area contributed by atoms with Crippen molar-refractivity contribution in [2.75, 3.05) is 7.11 Å². The van der Waals surface area contributed by atoms with Gasteiger partial charge in [0.25, 0.3) is 0 Å². The van der Waals surface area contributed by atoms with Crippen LogP contribution in [0.5, 0.6) is 0 Å². The summed E-state index contributed by atoms with van der Waals surface area (Å²) in [7, 11) is 1.39. The summed E-state index contributed by atoms with van der Waals surface area (Å²) in [6, 6.07) is 25.9. The lowest BCUT2D eigenvalue weighted by atomic mass is 9.81. The number of hydrogen-bond donors (Lipinski definition) is 0. The van der Waals surface area contributed by atoms with E-state index in [4.69, 9.17) is 9.47 Å². The van der Waals surface area contributed by atoms with E-state index in [0.29, 0.717) is 11.1 Å². The van der Waals surface area contributed by atoms with E-state index in [0.717, 1.165) is 60.5 Å². The first-order chi connectivity index (χ1) is 17.9. The highest BCUT2D eigenvalue weighted by atomic mass is 16.5. The zero-order chi connectivity index (χ0) is 25.8. The van der Waals surface area contributed by atoms with Gasteiger partial charge in [-0.25, -0.2) is 9.59 Å². The number of aryl methyl sites for hydroxylation is 3. The number of fused-ring (bicyclic) bond motifs is 3. The first kappa shape index (κ1) is 23.0. The monoisotopic (exact) mass is 486 g/mol. The Kier molecular flexibility index (Phi) is 5.34. The molecule has 182 valence electrons. The van der Waals surface area contributed by atoms with Crippen LogP contribution in [0.25, 0.3) is 32.7 Å². The standard InChI is InChI=1S/C33H26O4/c1-18-15-19(2)27(20(3)16-18)31-30-26(33(35)37-31)17-22-10-6-8-12-24(22)29(30)28-23-11-7-5-9-21(23)13-14-25(28)32(34)36-4/h5-17,31H,1-4H3/t31-/m1/s1. The third-order valence-electron chi connectivity index (χ3n) is 7.38. The van der Waals surface area contributed by atoms with Crippen molar-refractivity contribution in [3.8, 4) is 11.1 Å². The van der Waals surface area contributed by atoms with Gasteiger partial charge in [-0.15, -0.1) is 0 Å². The van der Waals surface area contributed by atoms with E-state index in [1.807, 2.05) is 66.7 Å². The summed E-state index contributed by atoms with van der Waals surface area (Å²) in [5, 5.41) is 3.78. The Hall–Kier alpha value is -4.44. The lowest BCUT2D eigenvalue weighted by Crippen LogP contribution is -2.09. The van der Waals surface area contributed by atoms with E-state index in [-0.39, 0.29) is 5.97 Å². The Balaban J connectivity index is 1.81. The van der Waals surface area contributed by atoms with Gasteiger partial charge in [-0.1, -0.05) is 72.3 Å². The third kappa shape index (κ3) is 3.52. The minimum Gasteiger partial charge on any atom is -0.465 e. The minimum atomic E-state index is -0.591. The highest BCUT2D eigenvalue weighted by molar-refractivity contribution is 6.16. The molecule has 0 aliphatic carbocycles. The second-order valence-corrected chi connectivity index (χ2v) is 9.73. The molecular weight excluding hydrogens is 460 g/mol. The Morgan fingerprint density at radius 3 is 2.05 bits per heavy atom. The van der Waals surface area contributed by atoms with Crippen LogP contribution in [0.15, 0.2) is 78.9 Å². The first-order valence-corrected chi connectivity index (χ1v) is 12.3. The predicted octanol–water partition coefficient (Wildman–Crippen LogP) is 7.63. The van der Waals surface area contributed by atoms with Crippen LogP contribution in [-0.2, 0) is 9.47 Å². The van der Waals surface area contributed by atoms with Crippen molar-refractivity contribution >= 4 is 33.5 Å². The van der Waals surface area contributed by atoms with Crippen LogP contribution in [0.3, 0.4) is 0 Å². The summed E-state index contributed by atoms with van der Waals surface area (Å²) < 4.78 is 11.4. The van der Waals surface area contributed by atoms with E-state index in [1.165, 1.54) is 7.11 Å². The normalized spacial score (nSPS) is 14.6. The van der Waals surface area contributed by atoms with Crippen LogP contribution >= 0.6 is 0 Å². The quantitative estimate of drug-likeness (QED) is 0.246. The topological polar surface area (TPSA) is 52.6 Å². The van der Waals surface area contributed by atoms with Crippen molar-refractivity contribution in [1.82, 2.24) is 0 Å². The van der Waals surface area contributed by atoms with E-state index in [9.17, 15) is 9.59 Å². The highest BCUT2D eigenvalue weighted by Crippen LogP contribution is 2.49. The van der Waals surface area contributed by atoms with Gasteiger partial charge in [0.2, 0.25) is 0 Å². The Morgan fingerprint density at radius 2 is 1.38 bits per heavy atom.